The number of benzene rings is 1. The van der Waals surface area contributed by atoms with Crippen LogP contribution in [0.2, 0.25) is 0 Å². The van der Waals surface area contributed by atoms with Crippen LogP contribution in [0.4, 0.5) is 0 Å². The van der Waals surface area contributed by atoms with Crippen molar-refractivity contribution in [2.45, 2.75) is 31.6 Å². The third-order valence-corrected chi connectivity index (χ3v) is 3.97. The van der Waals surface area contributed by atoms with Gasteiger partial charge in [0.05, 0.1) is 18.0 Å². The largest absolute Gasteiger partial charge is 0.260 e. The molecule has 1 unspecified atom stereocenters. The zero-order chi connectivity index (χ0) is 15.5. The van der Waals surface area contributed by atoms with Crippen molar-refractivity contribution in [3.8, 4) is 6.07 Å². The van der Waals surface area contributed by atoms with Crippen LogP contribution < -0.4 is 0 Å². The van der Waals surface area contributed by atoms with E-state index >= 15 is 0 Å². The van der Waals surface area contributed by atoms with Gasteiger partial charge in [-0.1, -0.05) is 18.2 Å². The summed E-state index contributed by atoms with van der Waals surface area (Å²) in [5.41, 5.74) is 2.36. The number of hydrogen-bond donors (Lipinski definition) is 0. The fourth-order valence-corrected chi connectivity index (χ4v) is 2.73. The van der Waals surface area contributed by atoms with E-state index in [1.54, 1.807) is 17.3 Å². The molecule has 21 heavy (non-hydrogen) atoms. The first-order valence-electron chi connectivity index (χ1n) is 6.58. The molecule has 1 atom stereocenters. The molecule has 1 heterocycles. The van der Waals surface area contributed by atoms with E-state index in [1.807, 2.05) is 32.0 Å². The quantitative estimate of drug-likeness (QED) is 0.847. The molecule has 0 aliphatic carbocycles. The van der Waals surface area contributed by atoms with Crippen LogP contribution >= 0.6 is 0 Å². The number of nitriles is 1. The standard InChI is InChI=1S/C15H18N4OS/c1-15(2,9-16)14-5-12(7-19-11-17-10-18-19)4-13(6-14)8-21(3)20/h4-6,10-11H,7-8H2,1-3H3. The number of nitrogens with zero attached hydrogens (tertiary/aromatic N) is 4. The van der Waals surface area contributed by atoms with Gasteiger partial charge in [0, 0.05) is 22.8 Å². The summed E-state index contributed by atoms with van der Waals surface area (Å²) in [5.74, 6) is 0.486. The van der Waals surface area contributed by atoms with Gasteiger partial charge in [-0.15, -0.1) is 0 Å². The van der Waals surface area contributed by atoms with E-state index in [1.165, 1.54) is 6.33 Å². The van der Waals surface area contributed by atoms with Crippen molar-refractivity contribution in [3.05, 3.63) is 47.5 Å². The Morgan fingerprint density at radius 2 is 2.05 bits per heavy atom. The van der Waals surface area contributed by atoms with Crippen LogP contribution in [0, 0.1) is 11.3 Å². The molecule has 0 fully saturated rings. The minimum absolute atomic E-state index is 0.486. The summed E-state index contributed by atoms with van der Waals surface area (Å²) < 4.78 is 13.2. The second-order valence-electron chi connectivity index (χ2n) is 5.59. The number of aromatic nitrogens is 3. The van der Waals surface area contributed by atoms with Gasteiger partial charge in [0.15, 0.2) is 0 Å². The van der Waals surface area contributed by atoms with Gasteiger partial charge in [0.2, 0.25) is 0 Å². The Labute approximate surface area is 127 Å². The van der Waals surface area contributed by atoms with E-state index in [0.717, 1.165) is 16.7 Å². The Hall–Kier alpha value is -2.00. The smallest absolute Gasteiger partial charge is 0.137 e. The summed E-state index contributed by atoms with van der Waals surface area (Å²) in [7, 11) is -0.918. The first-order valence-corrected chi connectivity index (χ1v) is 8.30. The zero-order valence-corrected chi connectivity index (χ0v) is 13.2. The second-order valence-corrected chi connectivity index (χ2v) is 7.02. The molecular weight excluding hydrogens is 284 g/mol. The highest BCUT2D eigenvalue weighted by molar-refractivity contribution is 7.83. The highest BCUT2D eigenvalue weighted by Crippen LogP contribution is 2.25. The molecule has 0 N–H and O–H groups in total. The van der Waals surface area contributed by atoms with Crippen LogP contribution in [-0.2, 0) is 28.5 Å². The molecule has 0 aliphatic heterocycles. The van der Waals surface area contributed by atoms with Crippen LogP contribution in [0.3, 0.4) is 0 Å². The Morgan fingerprint density at radius 3 is 2.62 bits per heavy atom. The van der Waals surface area contributed by atoms with Gasteiger partial charge in [-0.25, -0.2) is 9.67 Å². The summed E-state index contributed by atoms with van der Waals surface area (Å²) in [6.45, 7) is 4.35. The van der Waals surface area contributed by atoms with E-state index in [4.69, 9.17) is 0 Å². The van der Waals surface area contributed by atoms with Crippen molar-refractivity contribution in [3.63, 3.8) is 0 Å². The van der Waals surface area contributed by atoms with Crippen LogP contribution in [0.1, 0.15) is 30.5 Å². The molecule has 2 rings (SSSR count). The second kappa shape index (κ2) is 6.19. The fraction of sp³-hybridized carbons (Fsp3) is 0.400. The van der Waals surface area contributed by atoms with Crippen molar-refractivity contribution in [2.24, 2.45) is 0 Å². The molecule has 2 aromatic rings. The maximum atomic E-state index is 11.5. The number of rotatable bonds is 5. The average molecular weight is 302 g/mol. The molecule has 0 saturated carbocycles. The van der Waals surface area contributed by atoms with E-state index in [9.17, 15) is 9.47 Å². The molecule has 1 aromatic carbocycles. The summed E-state index contributed by atoms with van der Waals surface area (Å²) in [6, 6.07) is 8.30. The Bertz CT molecular complexity index is 686. The Morgan fingerprint density at radius 1 is 1.33 bits per heavy atom. The van der Waals surface area contributed by atoms with E-state index < -0.39 is 16.2 Å². The van der Waals surface area contributed by atoms with Gasteiger partial charge in [0.1, 0.15) is 12.7 Å². The van der Waals surface area contributed by atoms with Crippen LogP contribution in [0.15, 0.2) is 30.9 Å². The van der Waals surface area contributed by atoms with Gasteiger partial charge in [0.25, 0.3) is 0 Å². The lowest BCUT2D eigenvalue weighted by Gasteiger charge is -2.18. The lowest BCUT2D eigenvalue weighted by atomic mass is 9.84. The molecule has 6 heteroatoms. The van der Waals surface area contributed by atoms with E-state index in [0.29, 0.717) is 12.3 Å². The zero-order valence-electron chi connectivity index (χ0n) is 12.4. The summed E-state index contributed by atoms with van der Waals surface area (Å²) >= 11 is 0. The molecule has 0 radical (unpaired) electrons. The predicted molar refractivity (Wildman–Crippen MR) is 82.0 cm³/mol. The molecule has 0 amide bonds. The number of hydrogen-bond acceptors (Lipinski definition) is 4. The monoisotopic (exact) mass is 302 g/mol. The minimum atomic E-state index is -0.918. The molecule has 0 saturated heterocycles. The maximum Gasteiger partial charge on any atom is 0.137 e. The fourth-order valence-electron chi connectivity index (χ4n) is 2.10. The Balaban J connectivity index is 2.42. The first kappa shape index (κ1) is 15.4. The topological polar surface area (TPSA) is 71.6 Å². The normalized spacial score (nSPS) is 12.9. The highest BCUT2D eigenvalue weighted by Gasteiger charge is 2.21. The maximum absolute atomic E-state index is 11.5. The summed E-state index contributed by atoms with van der Waals surface area (Å²) in [5, 5.41) is 13.4. The first-order chi connectivity index (χ1) is 9.90. The molecule has 0 spiro atoms. The lowest BCUT2D eigenvalue weighted by Crippen LogP contribution is -2.15. The van der Waals surface area contributed by atoms with Gasteiger partial charge in [-0.2, -0.15) is 10.4 Å². The third-order valence-electron chi connectivity index (χ3n) is 3.23. The van der Waals surface area contributed by atoms with E-state index in [2.05, 4.69) is 16.2 Å². The van der Waals surface area contributed by atoms with Crippen molar-refractivity contribution in [2.75, 3.05) is 6.26 Å². The van der Waals surface area contributed by atoms with Crippen molar-refractivity contribution >= 4 is 10.8 Å². The predicted octanol–water partition coefficient (Wildman–Crippen LogP) is 2.01. The van der Waals surface area contributed by atoms with Crippen molar-refractivity contribution in [1.29, 1.82) is 5.26 Å². The minimum Gasteiger partial charge on any atom is -0.260 e. The van der Waals surface area contributed by atoms with Crippen molar-refractivity contribution in [1.82, 2.24) is 14.8 Å². The molecule has 5 nitrogen and oxygen atoms in total. The molecule has 0 aliphatic rings. The highest BCUT2D eigenvalue weighted by atomic mass is 32.2. The molecule has 0 bridgehead atoms. The van der Waals surface area contributed by atoms with E-state index in [-0.39, 0.29) is 0 Å². The van der Waals surface area contributed by atoms with Gasteiger partial charge >= 0.3 is 0 Å². The van der Waals surface area contributed by atoms with Crippen LogP contribution in [0.25, 0.3) is 0 Å². The molecule has 110 valence electrons. The van der Waals surface area contributed by atoms with Gasteiger partial charge in [-0.05, 0) is 30.5 Å². The SMILES string of the molecule is CS(=O)Cc1cc(Cn2cncn2)cc(C(C)(C)C#N)c1. The van der Waals surface area contributed by atoms with Gasteiger partial charge < -0.3 is 0 Å². The third kappa shape index (κ3) is 3.99. The average Bonchev–Trinajstić information content (AvgIpc) is 2.90. The van der Waals surface area contributed by atoms with Crippen molar-refractivity contribution < 1.29 is 4.21 Å². The van der Waals surface area contributed by atoms with Crippen LogP contribution in [-0.4, -0.2) is 25.2 Å². The van der Waals surface area contributed by atoms with Gasteiger partial charge in [-0.3, -0.25) is 4.21 Å². The summed E-state index contributed by atoms with van der Waals surface area (Å²) in [6.07, 6.45) is 4.82. The Kier molecular flexibility index (Phi) is 4.53. The summed E-state index contributed by atoms with van der Waals surface area (Å²) in [4.78, 5) is 3.93. The lowest BCUT2D eigenvalue weighted by molar-refractivity contribution is 0.665. The van der Waals surface area contributed by atoms with Crippen LogP contribution in [0.5, 0.6) is 0 Å². The molecular formula is C15H18N4OS. The molecule has 1 aromatic heterocycles.